The fourth-order valence-corrected chi connectivity index (χ4v) is 1.18. The first kappa shape index (κ1) is 8.39. The van der Waals surface area contributed by atoms with Gasteiger partial charge in [-0.3, -0.25) is 0 Å². The number of thioether (sulfide) groups is 1. The molecule has 1 aromatic heterocycles. The molecule has 1 heterocycles. The van der Waals surface area contributed by atoms with Crippen LogP contribution in [0.3, 0.4) is 0 Å². The number of H-pyrrole nitrogens is 1. The molecule has 0 radical (unpaired) electrons. The first-order valence-electron chi connectivity index (χ1n) is 3.34. The SMILES string of the molecule is CC(C)SCc1nc(=O)o[nH]1. The number of hydrogen-bond donors (Lipinski definition) is 1. The number of nitrogens with one attached hydrogen (secondary N) is 1. The van der Waals surface area contributed by atoms with E-state index in [9.17, 15) is 4.79 Å². The lowest BCUT2D eigenvalue weighted by Gasteiger charge is -1.99. The molecule has 0 aromatic carbocycles. The van der Waals surface area contributed by atoms with Gasteiger partial charge in [0.2, 0.25) is 0 Å². The largest absolute Gasteiger partial charge is 0.459 e. The van der Waals surface area contributed by atoms with Crippen LogP contribution in [0.25, 0.3) is 0 Å². The second-order valence-corrected chi connectivity index (χ2v) is 3.95. The van der Waals surface area contributed by atoms with Gasteiger partial charge in [-0.1, -0.05) is 13.8 Å². The van der Waals surface area contributed by atoms with Gasteiger partial charge in [-0.2, -0.15) is 16.7 Å². The standard InChI is InChI=1S/C6H10N2O2S/c1-4(2)11-3-5-7-6(9)10-8-5/h4H,3H2,1-2H3,(H,7,8,9). The minimum Gasteiger partial charge on any atom is -0.321 e. The van der Waals surface area contributed by atoms with Gasteiger partial charge < -0.3 is 4.52 Å². The summed E-state index contributed by atoms with van der Waals surface area (Å²) in [6.45, 7) is 4.17. The summed E-state index contributed by atoms with van der Waals surface area (Å²) in [6, 6.07) is 0. The number of rotatable bonds is 3. The lowest BCUT2D eigenvalue weighted by molar-refractivity contribution is 0.383. The summed E-state index contributed by atoms with van der Waals surface area (Å²) in [6.07, 6.45) is 0. The van der Waals surface area contributed by atoms with E-state index in [2.05, 4.69) is 28.5 Å². The topological polar surface area (TPSA) is 58.9 Å². The number of aromatic amines is 1. The highest BCUT2D eigenvalue weighted by atomic mass is 32.2. The van der Waals surface area contributed by atoms with Gasteiger partial charge in [-0.25, -0.2) is 9.95 Å². The summed E-state index contributed by atoms with van der Waals surface area (Å²) in [5.74, 6) is 0.752. The van der Waals surface area contributed by atoms with Gasteiger partial charge in [-0.15, -0.1) is 0 Å². The zero-order chi connectivity index (χ0) is 8.27. The van der Waals surface area contributed by atoms with E-state index in [1.165, 1.54) is 0 Å². The van der Waals surface area contributed by atoms with Crippen molar-refractivity contribution < 1.29 is 4.52 Å². The van der Waals surface area contributed by atoms with Crippen LogP contribution in [0.4, 0.5) is 0 Å². The predicted molar refractivity (Wildman–Crippen MR) is 43.6 cm³/mol. The lowest BCUT2D eigenvalue weighted by Crippen LogP contribution is -1.97. The maximum absolute atomic E-state index is 10.4. The van der Waals surface area contributed by atoms with E-state index in [4.69, 9.17) is 0 Å². The molecule has 0 spiro atoms. The molecule has 0 bridgehead atoms. The monoisotopic (exact) mass is 174 g/mol. The van der Waals surface area contributed by atoms with E-state index in [1.807, 2.05) is 0 Å². The second-order valence-electron chi connectivity index (χ2n) is 2.39. The van der Waals surface area contributed by atoms with Crippen molar-refractivity contribution in [3.63, 3.8) is 0 Å². The first-order chi connectivity index (χ1) is 5.18. The molecule has 0 saturated heterocycles. The third-order valence-corrected chi connectivity index (χ3v) is 2.14. The zero-order valence-electron chi connectivity index (χ0n) is 6.46. The van der Waals surface area contributed by atoms with Gasteiger partial charge in [0.25, 0.3) is 0 Å². The molecule has 11 heavy (non-hydrogen) atoms. The summed E-state index contributed by atoms with van der Waals surface area (Å²) >= 11 is 1.71. The molecule has 62 valence electrons. The second kappa shape index (κ2) is 3.61. The zero-order valence-corrected chi connectivity index (χ0v) is 7.27. The fourth-order valence-electron chi connectivity index (χ4n) is 0.566. The Labute approximate surface area is 68.4 Å². The summed E-state index contributed by atoms with van der Waals surface area (Å²) in [7, 11) is 0. The molecule has 0 aliphatic rings. The van der Waals surface area contributed by atoms with Crippen LogP contribution >= 0.6 is 11.8 Å². The van der Waals surface area contributed by atoms with Crippen molar-refractivity contribution in [2.75, 3.05) is 0 Å². The van der Waals surface area contributed by atoms with Crippen molar-refractivity contribution in [3.05, 3.63) is 16.4 Å². The van der Waals surface area contributed by atoms with Crippen molar-refractivity contribution in [3.8, 4) is 0 Å². The van der Waals surface area contributed by atoms with Gasteiger partial charge in [-0.05, 0) is 5.25 Å². The van der Waals surface area contributed by atoms with Gasteiger partial charge in [0.05, 0.1) is 5.75 Å². The van der Waals surface area contributed by atoms with Crippen molar-refractivity contribution >= 4 is 11.8 Å². The molecule has 0 saturated carbocycles. The highest BCUT2D eigenvalue weighted by Gasteiger charge is 2.01. The number of aromatic nitrogens is 2. The highest BCUT2D eigenvalue weighted by molar-refractivity contribution is 7.99. The smallest absolute Gasteiger partial charge is 0.321 e. The molecular weight excluding hydrogens is 164 g/mol. The van der Waals surface area contributed by atoms with Crippen LogP contribution in [-0.2, 0) is 5.75 Å². The van der Waals surface area contributed by atoms with Crippen LogP contribution in [0.2, 0.25) is 0 Å². The Hall–Kier alpha value is -0.710. The average Bonchev–Trinajstić information content (AvgIpc) is 2.31. The van der Waals surface area contributed by atoms with Crippen LogP contribution in [0.15, 0.2) is 9.32 Å². The van der Waals surface area contributed by atoms with Crippen LogP contribution in [0, 0.1) is 0 Å². The molecular formula is C6H10N2O2S. The molecule has 1 rings (SSSR count). The van der Waals surface area contributed by atoms with Crippen molar-refractivity contribution in [2.24, 2.45) is 0 Å². The Morgan fingerprint density at radius 2 is 2.45 bits per heavy atom. The summed E-state index contributed by atoms with van der Waals surface area (Å²) < 4.78 is 4.39. The van der Waals surface area contributed by atoms with Crippen molar-refractivity contribution in [1.82, 2.24) is 10.1 Å². The van der Waals surface area contributed by atoms with E-state index in [-0.39, 0.29) is 0 Å². The molecule has 1 aromatic rings. The van der Waals surface area contributed by atoms with Gasteiger partial charge in [0.1, 0.15) is 0 Å². The Bertz CT molecular complexity index is 266. The van der Waals surface area contributed by atoms with Crippen LogP contribution in [-0.4, -0.2) is 15.4 Å². The molecule has 0 aliphatic heterocycles. The molecule has 0 unspecified atom stereocenters. The van der Waals surface area contributed by atoms with E-state index < -0.39 is 5.76 Å². The third kappa shape index (κ3) is 2.80. The maximum Gasteiger partial charge on any atom is 0.459 e. The lowest BCUT2D eigenvalue weighted by atomic mass is 10.6. The fraction of sp³-hybridized carbons (Fsp3) is 0.667. The highest BCUT2D eigenvalue weighted by Crippen LogP contribution is 2.12. The minimum absolute atomic E-state index is 0.537. The summed E-state index contributed by atoms with van der Waals surface area (Å²) in [5, 5.41) is 2.98. The Balaban J connectivity index is 2.45. The molecule has 0 fully saturated rings. The van der Waals surface area contributed by atoms with Gasteiger partial charge >= 0.3 is 5.76 Å². The quantitative estimate of drug-likeness (QED) is 0.742. The Morgan fingerprint density at radius 3 is 2.91 bits per heavy atom. The van der Waals surface area contributed by atoms with Crippen LogP contribution in [0.1, 0.15) is 19.7 Å². The normalized spacial score (nSPS) is 10.8. The Kier molecular flexibility index (Phi) is 2.76. The van der Waals surface area contributed by atoms with E-state index >= 15 is 0 Å². The molecule has 4 nitrogen and oxygen atoms in total. The van der Waals surface area contributed by atoms with Crippen LogP contribution < -0.4 is 5.76 Å². The average molecular weight is 174 g/mol. The molecule has 0 amide bonds. The van der Waals surface area contributed by atoms with Crippen LogP contribution in [0.5, 0.6) is 0 Å². The van der Waals surface area contributed by atoms with Crippen molar-refractivity contribution in [1.29, 1.82) is 0 Å². The van der Waals surface area contributed by atoms with E-state index in [1.54, 1.807) is 11.8 Å². The number of nitrogens with zero attached hydrogens (tertiary/aromatic N) is 1. The first-order valence-corrected chi connectivity index (χ1v) is 4.39. The van der Waals surface area contributed by atoms with E-state index in [0.717, 1.165) is 0 Å². The predicted octanol–water partition coefficient (Wildman–Crippen LogP) is 1.00. The van der Waals surface area contributed by atoms with E-state index in [0.29, 0.717) is 16.8 Å². The summed E-state index contributed by atoms with van der Waals surface area (Å²) in [5.41, 5.74) is 0. The maximum atomic E-state index is 10.4. The number of hydrogen-bond acceptors (Lipinski definition) is 4. The summed E-state index contributed by atoms with van der Waals surface area (Å²) in [4.78, 5) is 14.0. The molecule has 5 heteroatoms. The molecule has 0 atom stereocenters. The Morgan fingerprint density at radius 1 is 1.73 bits per heavy atom. The minimum atomic E-state index is -0.552. The molecule has 0 aliphatic carbocycles. The van der Waals surface area contributed by atoms with Crippen molar-refractivity contribution in [2.45, 2.75) is 24.9 Å². The van der Waals surface area contributed by atoms with Gasteiger partial charge in [0.15, 0.2) is 5.82 Å². The molecule has 1 N–H and O–H groups in total. The third-order valence-electron chi connectivity index (χ3n) is 1.04. The van der Waals surface area contributed by atoms with Gasteiger partial charge in [0, 0.05) is 0 Å².